The minimum absolute atomic E-state index is 0.00834. The van der Waals surface area contributed by atoms with E-state index in [4.69, 9.17) is 4.74 Å². The Kier molecular flexibility index (Phi) is 4.47. The number of ether oxygens (including phenoxy) is 1. The summed E-state index contributed by atoms with van der Waals surface area (Å²) in [6.45, 7) is 3.79. The number of ketones is 1. The molecule has 0 radical (unpaired) electrons. The largest absolute Gasteiger partial charge is 0.491 e. The third-order valence-corrected chi connectivity index (χ3v) is 1.73. The van der Waals surface area contributed by atoms with Gasteiger partial charge in [-0.2, -0.15) is 0 Å². The summed E-state index contributed by atoms with van der Waals surface area (Å²) in [7, 11) is 0. The second-order valence-corrected chi connectivity index (χ2v) is 3.06. The fraction of sp³-hybridized carbons (Fsp3) is 0.364. The summed E-state index contributed by atoms with van der Waals surface area (Å²) in [6, 6.07) is 0. The van der Waals surface area contributed by atoms with Gasteiger partial charge in [-0.3, -0.25) is 14.8 Å². The van der Waals surface area contributed by atoms with E-state index in [9.17, 15) is 4.79 Å². The van der Waals surface area contributed by atoms with E-state index in [1.807, 2.05) is 6.92 Å². The number of allylic oxidation sites excluding steroid dienone is 2. The van der Waals surface area contributed by atoms with Crippen LogP contribution in [0.3, 0.4) is 0 Å². The van der Waals surface area contributed by atoms with Gasteiger partial charge in [-0.25, -0.2) is 0 Å². The lowest BCUT2D eigenvalue weighted by Crippen LogP contribution is -1.98. The zero-order valence-electron chi connectivity index (χ0n) is 8.93. The molecule has 80 valence electrons. The lowest BCUT2D eigenvalue weighted by atomic mass is 10.3. The van der Waals surface area contributed by atoms with Crippen LogP contribution in [0.2, 0.25) is 0 Å². The molecule has 4 nitrogen and oxygen atoms in total. The van der Waals surface area contributed by atoms with Crippen molar-refractivity contribution in [1.29, 1.82) is 0 Å². The normalized spacial score (nSPS) is 11.2. The van der Waals surface area contributed by atoms with Crippen LogP contribution < -0.4 is 0 Å². The SMILES string of the molecule is CC/C(=C\C(C)=O)OCc1cnccn1. The van der Waals surface area contributed by atoms with Crippen molar-refractivity contribution in [3.8, 4) is 0 Å². The first-order valence-electron chi connectivity index (χ1n) is 4.81. The highest BCUT2D eigenvalue weighted by molar-refractivity contribution is 5.87. The van der Waals surface area contributed by atoms with E-state index < -0.39 is 0 Å². The first-order valence-corrected chi connectivity index (χ1v) is 4.81. The van der Waals surface area contributed by atoms with E-state index in [0.29, 0.717) is 18.8 Å². The lowest BCUT2D eigenvalue weighted by molar-refractivity contribution is -0.112. The molecule has 0 saturated heterocycles. The quantitative estimate of drug-likeness (QED) is 0.545. The highest BCUT2D eigenvalue weighted by Gasteiger charge is 1.99. The van der Waals surface area contributed by atoms with Gasteiger partial charge in [0.2, 0.25) is 0 Å². The molecule has 1 aromatic rings. The predicted octanol–water partition coefficient (Wildman–Crippen LogP) is 1.88. The van der Waals surface area contributed by atoms with Crippen LogP contribution in [0.1, 0.15) is 26.0 Å². The molecule has 0 aliphatic rings. The zero-order chi connectivity index (χ0) is 11.1. The third-order valence-electron chi connectivity index (χ3n) is 1.73. The smallest absolute Gasteiger partial charge is 0.155 e. The topological polar surface area (TPSA) is 52.1 Å². The minimum Gasteiger partial charge on any atom is -0.491 e. The van der Waals surface area contributed by atoms with Crippen LogP contribution in [-0.4, -0.2) is 15.8 Å². The van der Waals surface area contributed by atoms with Crippen molar-refractivity contribution >= 4 is 5.78 Å². The van der Waals surface area contributed by atoms with E-state index in [1.165, 1.54) is 13.0 Å². The average Bonchev–Trinajstić information content (AvgIpc) is 2.25. The zero-order valence-corrected chi connectivity index (χ0v) is 8.93. The molecule has 0 N–H and O–H groups in total. The van der Waals surface area contributed by atoms with Crippen LogP contribution in [-0.2, 0) is 16.1 Å². The maximum atomic E-state index is 10.8. The summed E-state index contributed by atoms with van der Waals surface area (Å²) in [5.41, 5.74) is 0.750. The molecule has 15 heavy (non-hydrogen) atoms. The summed E-state index contributed by atoms with van der Waals surface area (Å²) in [6.07, 6.45) is 7.05. The molecule has 0 aliphatic carbocycles. The molecule has 0 spiro atoms. The van der Waals surface area contributed by atoms with Crippen molar-refractivity contribution in [1.82, 2.24) is 9.97 Å². The molecular formula is C11H14N2O2. The first-order chi connectivity index (χ1) is 7.22. The molecule has 1 heterocycles. The number of hydrogen-bond donors (Lipinski definition) is 0. The number of rotatable bonds is 5. The van der Waals surface area contributed by atoms with Gasteiger partial charge in [-0.05, 0) is 6.92 Å². The van der Waals surface area contributed by atoms with Crippen LogP contribution in [0.15, 0.2) is 30.4 Å². The van der Waals surface area contributed by atoms with Crippen molar-refractivity contribution < 1.29 is 9.53 Å². The number of aromatic nitrogens is 2. The number of carbonyl (C=O) groups is 1. The van der Waals surface area contributed by atoms with Crippen LogP contribution >= 0.6 is 0 Å². The molecule has 0 unspecified atom stereocenters. The number of carbonyl (C=O) groups excluding carboxylic acids is 1. The molecule has 1 aromatic heterocycles. The Bertz CT molecular complexity index is 347. The Morgan fingerprint density at radius 1 is 1.53 bits per heavy atom. The van der Waals surface area contributed by atoms with Gasteiger partial charge in [0, 0.05) is 24.9 Å². The van der Waals surface area contributed by atoms with Crippen molar-refractivity contribution in [3.63, 3.8) is 0 Å². The Hall–Kier alpha value is -1.71. The van der Waals surface area contributed by atoms with E-state index in [0.717, 1.165) is 5.69 Å². The van der Waals surface area contributed by atoms with Crippen LogP contribution in [0, 0.1) is 0 Å². The van der Waals surface area contributed by atoms with Gasteiger partial charge in [0.1, 0.15) is 6.61 Å². The maximum absolute atomic E-state index is 10.8. The highest BCUT2D eigenvalue weighted by atomic mass is 16.5. The number of hydrogen-bond acceptors (Lipinski definition) is 4. The first kappa shape index (κ1) is 11.4. The Balaban J connectivity index is 2.52. The Morgan fingerprint density at radius 2 is 2.33 bits per heavy atom. The molecule has 0 atom stereocenters. The minimum atomic E-state index is -0.00834. The molecule has 0 amide bonds. The molecule has 4 heteroatoms. The summed E-state index contributed by atoms with van der Waals surface area (Å²) < 4.78 is 5.43. The van der Waals surface area contributed by atoms with Gasteiger partial charge in [0.05, 0.1) is 17.6 Å². The van der Waals surface area contributed by atoms with Crippen LogP contribution in [0.25, 0.3) is 0 Å². The van der Waals surface area contributed by atoms with Gasteiger partial charge < -0.3 is 4.74 Å². The molecule has 0 fully saturated rings. The number of nitrogens with zero attached hydrogens (tertiary/aromatic N) is 2. The van der Waals surface area contributed by atoms with E-state index >= 15 is 0 Å². The second kappa shape index (κ2) is 5.90. The molecular weight excluding hydrogens is 192 g/mol. The summed E-state index contributed by atoms with van der Waals surface area (Å²) in [5.74, 6) is 0.666. The van der Waals surface area contributed by atoms with Gasteiger partial charge >= 0.3 is 0 Å². The highest BCUT2D eigenvalue weighted by Crippen LogP contribution is 2.06. The maximum Gasteiger partial charge on any atom is 0.155 e. The fourth-order valence-electron chi connectivity index (χ4n) is 1.04. The van der Waals surface area contributed by atoms with Gasteiger partial charge in [0.15, 0.2) is 5.78 Å². The molecule has 0 aromatic carbocycles. The summed E-state index contributed by atoms with van der Waals surface area (Å²) >= 11 is 0. The Labute approximate surface area is 89.0 Å². The average molecular weight is 206 g/mol. The lowest BCUT2D eigenvalue weighted by Gasteiger charge is -2.06. The molecule has 0 aliphatic heterocycles. The molecule has 0 bridgehead atoms. The van der Waals surface area contributed by atoms with E-state index in [-0.39, 0.29) is 5.78 Å². The van der Waals surface area contributed by atoms with Crippen LogP contribution in [0.4, 0.5) is 0 Å². The van der Waals surface area contributed by atoms with Crippen molar-refractivity contribution in [2.45, 2.75) is 26.9 Å². The predicted molar refractivity (Wildman–Crippen MR) is 55.9 cm³/mol. The fourth-order valence-corrected chi connectivity index (χ4v) is 1.04. The summed E-state index contributed by atoms with van der Waals surface area (Å²) in [4.78, 5) is 18.8. The standard InChI is InChI=1S/C11H14N2O2/c1-3-11(6-9(2)14)15-8-10-7-12-4-5-13-10/h4-7H,3,8H2,1-2H3/b11-6+. The Morgan fingerprint density at radius 3 is 2.87 bits per heavy atom. The van der Waals surface area contributed by atoms with Gasteiger partial charge in [0.25, 0.3) is 0 Å². The molecule has 1 rings (SSSR count). The van der Waals surface area contributed by atoms with E-state index in [1.54, 1.807) is 18.6 Å². The van der Waals surface area contributed by atoms with Crippen molar-refractivity contribution in [3.05, 3.63) is 36.1 Å². The van der Waals surface area contributed by atoms with Gasteiger partial charge in [-0.1, -0.05) is 6.92 Å². The second-order valence-electron chi connectivity index (χ2n) is 3.06. The monoisotopic (exact) mass is 206 g/mol. The molecule has 0 saturated carbocycles. The van der Waals surface area contributed by atoms with Gasteiger partial charge in [-0.15, -0.1) is 0 Å². The van der Waals surface area contributed by atoms with Crippen molar-refractivity contribution in [2.75, 3.05) is 0 Å². The van der Waals surface area contributed by atoms with Crippen LogP contribution in [0.5, 0.6) is 0 Å². The van der Waals surface area contributed by atoms with Crippen molar-refractivity contribution in [2.24, 2.45) is 0 Å². The third kappa shape index (κ3) is 4.35. The summed E-state index contributed by atoms with van der Waals surface area (Å²) in [5, 5.41) is 0. The van der Waals surface area contributed by atoms with E-state index in [2.05, 4.69) is 9.97 Å².